The summed E-state index contributed by atoms with van der Waals surface area (Å²) in [4.78, 5) is 23.7. The summed E-state index contributed by atoms with van der Waals surface area (Å²) in [5.74, 6) is -0.498. The summed E-state index contributed by atoms with van der Waals surface area (Å²) >= 11 is 0. The molecule has 1 amide bonds. The minimum atomic E-state index is -0.522. The van der Waals surface area contributed by atoms with Gasteiger partial charge < -0.3 is 10.1 Å². The van der Waals surface area contributed by atoms with Crippen molar-refractivity contribution in [2.24, 2.45) is 5.92 Å². The maximum atomic E-state index is 12.0. The van der Waals surface area contributed by atoms with Gasteiger partial charge >= 0.3 is 5.97 Å². The van der Waals surface area contributed by atoms with Gasteiger partial charge in [0, 0.05) is 17.9 Å². The number of ether oxygens (including phenoxy) is 1. The molecule has 0 bridgehead atoms. The highest BCUT2D eigenvalue weighted by molar-refractivity contribution is 5.91. The first-order chi connectivity index (χ1) is 11.4. The Morgan fingerprint density at radius 2 is 1.83 bits per heavy atom. The molecule has 24 heavy (non-hydrogen) atoms. The largest absolute Gasteiger partial charge is 0.452 e. The van der Waals surface area contributed by atoms with Crippen molar-refractivity contribution in [3.8, 4) is 5.69 Å². The molecule has 0 spiro atoms. The number of carbonyl (C=O) groups is 2. The van der Waals surface area contributed by atoms with Gasteiger partial charge in [-0.15, -0.1) is 0 Å². The summed E-state index contributed by atoms with van der Waals surface area (Å²) < 4.78 is 6.83. The molecule has 0 aliphatic carbocycles. The van der Waals surface area contributed by atoms with Gasteiger partial charge in [0.1, 0.15) is 0 Å². The van der Waals surface area contributed by atoms with Gasteiger partial charge in [-0.1, -0.05) is 13.8 Å². The van der Waals surface area contributed by atoms with Crippen LogP contribution in [0.5, 0.6) is 0 Å². The fraction of sp³-hybridized carbons (Fsp3) is 0.389. The SMILES string of the molecule is Cc1ccnn1-c1ccc(C(=O)OCC(=O)N[C@@H](C)C(C)C)cc1. The van der Waals surface area contributed by atoms with E-state index in [2.05, 4.69) is 10.4 Å². The lowest BCUT2D eigenvalue weighted by molar-refractivity contribution is -0.125. The van der Waals surface area contributed by atoms with Crippen molar-refractivity contribution >= 4 is 11.9 Å². The summed E-state index contributed by atoms with van der Waals surface area (Å²) in [6, 6.07) is 8.84. The molecule has 0 unspecified atom stereocenters. The average Bonchev–Trinajstić information content (AvgIpc) is 2.98. The molecule has 1 atom stereocenters. The van der Waals surface area contributed by atoms with Crippen LogP contribution in [0.2, 0.25) is 0 Å². The average molecular weight is 329 g/mol. The molecule has 1 heterocycles. The summed E-state index contributed by atoms with van der Waals surface area (Å²) in [6.45, 7) is 7.61. The van der Waals surface area contributed by atoms with E-state index in [1.807, 2.05) is 33.8 Å². The van der Waals surface area contributed by atoms with Crippen molar-refractivity contribution in [2.45, 2.75) is 33.7 Å². The number of nitrogens with zero attached hydrogens (tertiary/aromatic N) is 2. The van der Waals surface area contributed by atoms with Crippen molar-refractivity contribution in [2.75, 3.05) is 6.61 Å². The minimum Gasteiger partial charge on any atom is -0.452 e. The van der Waals surface area contributed by atoms with Crippen LogP contribution < -0.4 is 5.32 Å². The van der Waals surface area contributed by atoms with E-state index in [0.29, 0.717) is 11.5 Å². The van der Waals surface area contributed by atoms with Crippen molar-refractivity contribution in [1.29, 1.82) is 0 Å². The zero-order chi connectivity index (χ0) is 17.7. The number of aromatic nitrogens is 2. The van der Waals surface area contributed by atoms with Crippen LogP contribution in [0, 0.1) is 12.8 Å². The second-order valence-electron chi connectivity index (χ2n) is 6.11. The molecule has 1 N–H and O–H groups in total. The third-order valence-electron chi connectivity index (χ3n) is 3.90. The Kier molecular flexibility index (Phi) is 5.73. The van der Waals surface area contributed by atoms with Gasteiger partial charge in [0.25, 0.3) is 5.91 Å². The number of rotatable bonds is 6. The summed E-state index contributed by atoms with van der Waals surface area (Å²) in [7, 11) is 0. The molecule has 1 aromatic heterocycles. The van der Waals surface area contributed by atoms with Gasteiger partial charge in [-0.2, -0.15) is 5.10 Å². The Balaban J connectivity index is 1.91. The molecular formula is C18H23N3O3. The summed E-state index contributed by atoms with van der Waals surface area (Å²) in [5.41, 5.74) is 2.26. The summed E-state index contributed by atoms with van der Waals surface area (Å²) in [6.07, 6.45) is 1.72. The molecule has 0 saturated carbocycles. The van der Waals surface area contributed by atoms with Gasteiger partial charge in [0.2, 0.25) is 0 Å². The fourth-order valence-electron chi connectivity index (χ4n) is 2.06. The maximum Gasteiger partial charge on any atom is 0.338 e. The van der Waals surface area contributed by atoms with E-state index in [1.165, 1.54) is 0 Å². The van der Waals surface area contributed by atoms with Crippen LogP contribution in [-0.4, -0.2) is 34.3 Å². The molecule has 2 aromatic rings. The molecular weight excluding hydrogens is 306 g/mol. The number of hydrogen-bond donors (Lipinski definition) is 1. The van der Waals surface area contributed by atoms with E-state index in [0.717, 1.165) is 11.4 Å². The lowest BCUT2D eigenvalue weighted by atomic mass is 10.1. The molecule has 1 aromatic carbocycles. The first kappa shape index (κ1) is 17.7. The van der Waals surface area contributed by atoms with E-state index in [-0.39, 0.29) is 18.6 Å². The lowest BCUT2D eigenvalue weighted by Gasteiger charge is -2.17. The third kappa shape index (κ3) is 4.44. The molecule has 0 aliphatic rings. The predicted molar refractivity (Wildman–Crippen MR) is 91.0 cm³/mol. The number of aryl methyl sites for hydroxylation is 1. The standard InChI is InChI=1S/C18H23N3O3/c1-12(2)14(4)20-17(22)11-24-18(23)15-5-7-16(8-6-15)21-13(3)9-10-19-21/h5-10,12,14H,11H2,1-4H3,(H,20,22)/t14-/m0/s1. The number of benzene rings is 1. The zero-order valence-corrected chi connectivity index (χ0v) is 14.4. The predicted octanol–water partition coefficient (Wildman–Crippen LogP) is 2.50. The Morgan fingerprint density at radius 1 is 1.17 bits per heavy atom. The highest BCUT2D eigenvalue weighted by Gasteiger charge is 2.14. The van der Waals surface area contributed by atoms with Crippen molar-refractivity contribution in [3.05, 3.63) is 47.8 Å². The smallest absolute Gasteiger partial charge is 0.338 e. The number of carbonyl (C=O) groups excluding carboxylic acids is 2. The molecule has 0 fully saturated rings. The maximum absolute atomic E-state index is 12.0. The molecule has 6 heteroatoms. The minimum absolute atomic E-state index is 0.0350. The van der Waals surface area contributed by atoms with Crippen LogP contribution in [0.25, 0.3) is 5.69 Å². The van der Waals surface area contributed by atoms with E-state index < -0.39 is 5.97 Å². The number of amides is 1. The van der Waals surface area contributed by atoms with Crippen LogP contribution in [0.1, 0.15) is 36.8 Å². The lowest BCUT2D eigenvalue weighted by Crippen LogP contribution is -2.38. The first-order valence-electron chi connectivity index (χ1n) is 7.96. The molecule has 0 aliphatic heterocycles. The number of esters is 1. The normalized spacial score (nSPS) is 12.0. The van der Waals surface area contributed by atoms with Gasteiger partial charge in [-0.25, -0.2) is 9.48 Å². The third-order valence-corrected chi connectivity index (χ3v) is 3.90. The second-order valence-corrected chi connectivity index (χ2v) is 6.11. The Hall–Kier alpha value is -2.63. The van der Waals surface area contributed by atoms with Crippen molar-refractivity contribution in [3.63, 3.8) is 0 Å². The molecule has 2 rings (SSSR count). The molecule has 128 valence electrons. The van der Waals surface area contributed by atoms with E-state index >= 15 is 0 Å². The number of nitrogens with one attached hydrogen (secondary N) is 1. The zero-order valence-electron chi connectivity index (χ0n) is 14.4. The van der Waals surface area contributed by atoms with Gasteiger partial charge in [-0.05, 0) is 50.1 Å². The molecule has 6 nitrogen and oxygen atoms in total. The van der Waals surface area contributed by atoms with Crippen LogP contribution >= 0.6 is 0 Å². The van der Waals surface area contributed by atoms with Gasteiger partial charge in [0.05, 0.1) is 11.3 Å². The first-order valence-corrected chi connectivity index (χ1v) is 7.96. The van der Waals surface area contributed by atoms with Crippen LogP contribution in [0.15, 0.2) is 36.5 Å². The highest BCUT2D eigenvalue weighted by Crippen LogP contribution is 2.12. The Labute approximate surface area is 141 Å². The van der Waals surface area contributed by atoms with Crippen molar-refractivity contribution < 1.29 is 14.3 Å². The van der Waals surface area contributed by atoms with Crippen molar-refractivity contribution in [1.82, 2.24) is 15.1 Å². The second kappa shape index (κ2) is 7.77. The monoisotopic (exact) mass is 329 g/mol. The van der Waals surface area contributed by atoms with E-state index in [1.54, 1.807) is 35.1 Å². The molecule has 0 saturated heterocycles. The molecule has 0 radical (unpaired) electrons. The van der Waals surface area contributed by atoms with E-state index in [9.17, 15) is 9.59 Å². The Bertz CT molecular complexity index is 705. The van der Waals surface area contributed by atoms with Gasteiger partial charge in [0.15, 0.2) is 6.61 Å². The van der Waals surface area contributed by atoms with E-state index in [4.69, 9.17) is 4.74 Å². The topological polar surface area (TPSA) is 73.2 Å². The number of hydrogen-bond acceptors (Lipinski definition) is 4. The quantitative estimate of drug-likeness (QED) is 0.827. The fourth-order valence-corrected chi connectivity index (χ4v) is 2.06. The van der Waals surface area contributed by atoms with Gasteiger partial charge in [-0.3, -0.25) is 4.79 Å². The van der Waals surface area contributed by atoms with Crippen LogP contribution in [-0.2, 0) is 9.53 Å². The van der Waals surface area contributed by atoms with Crippen LogP contribution in [0.3, 0.4) is 0 Å². The summed E-state index contributed by atoms with van der Waals surface area (Å²) in [5, 5.41) is 7.00. The van der Waals surface area contributed by atoms with Crippen LogP contribution in [0.4, 0.5) is 0 Å². The Morgan fingerprint density at radius 3 is 2.38 bits per heavy atom. The highest BCUT2D eigenvalue weighted by atomic mass is 16.5.